The summed E-state index contributed by atoms with van der Waals surface area (Å²) in [6, 6.07) is 5.29. The smallest absolute Gasteiger partial charge is 0.272 e. The molecule has 25 heavy (non-hydrogen) atoms. The van der Waals surface area contributed by atoms with Crippen molar-refractivity contribution in [1.82, 2.24) is 19.8 Å². The summed E-state index contributed by atoms with van der Waals surface area (Å²) < 4.78 is 0. The van der Waals surface area contributed by atoms with Gasteiger partial charge in [0.05, 0.1) is 16.8 Å². The molecule has 130 valence electrons. The van der Waals surface area contributed by atoms with Gasteiger partial charge in [-0.1, -0.05) is 0 Å². The van der Waals surface area contributed by atoms with Crippen molar-refractivity contribution in [2.75, 3.05) is 26.7 Å². The fourth-order valence-corrected chi connectivity index (χ4v) is 4.00. The molecule has 0 spiro atoms. The van der Waals surface area contributed by atoms with Gasteiger partial charge in [-0.05, 0) is 38.4 Å². The van der Waals surface area contributed by atoms with Gasteiger partial charge in [-0.2, -0.15) is 5.26 Å². The number of pyridine rings is 1. The van der Waals surface area contributed by atoms with Gasteiger partial charge < -0.3 is 9.80 Å². The highest BCUT2D eigenvalue weighted by Crippen LogP contribution is 2.21. The number of carbonyl (C=O) groups excluding carboxylic acids is 1. The number of amides is 1. The van der Waals surface area contributed by atoms with Crippen molar-refractivity contribution in [3.8, 4) is 6.07 Å². The van der Waals surface area contributed by atoms with E-state index in [-0.39, 0.29) is 5.91 Å². The summed E-state index contributed by atoms with van der Waals surface area (Å²) in [4.78, 5) is 26.4. The van der Waals surface area contributed by atoms with Crippen molar-refractivity contribution in [1.29, 1.82) is 5.26 Å². The third-order valence-corrected chi connectivity index (χ3v) is 5.43. The van der Waals surface area contributed by atoms with Crippen LogP contribution in [0.4, 0.5) is 0 Å². The first-order valence-electron chi connectivity index (χ1n) is 8.29. The minimum atomic E-state index is -0.0482. The highest BCUT2D eigenvalue weighted by molar-refractivity contribution is 7.09. The Morgan fingerprint density at radius 3 is 2.96 bits per heavy atom. The minimum Gasteiger partial charge on any atom is -0.337 e. The molecule has 1 amide bonds. The largest absolute Gasteiger partial charge is 0.337 e. The van der Waals surface area contributed by atoms with Crippen LogP contribution in [-0.4, -0.2) is 52.4 Å². The van der Waals surface area contributed by atoms with E-state index in [4.69, 9.17) is 5.26 Å². The van der Waals surface area contributed by atoms with E-state index in [9.17, 15) is 4.79 Å². The number of aryl methyl sites for hydroxylation is 1. The summed E-state index contributed by atoms with van der Waals surface area (Å²) in [5.74, 6) is 0.425. The number of likely N-dealkylation sites (tertiary alicyclic amines) is 1. The molecule has 0 bridgehead atoms. The van der Waals surface area contributed by atoms with Crippen LogP contribution in [0.5, 0.6) is 0 Å². The van der Waals surface area contributed by atoms with E-state index in [1.807, 2.05) is 23.4 Å². The molecule has 0 unspecified atom stereocenters. The lowest BCUT2D eigenvalue weighted by Crippen LogP contribution is -2.32. The predicted octanol–water partition coefficient (Wildman–Crippen LogP) is 2.31. The molecule has 1 saturated heterocycles. The van der Waals surface area contributed by atoms with Gasteiger partial charge in [-0.15, -0.1) is 11.3 Å². The fourth-order valence-electron chi connectivity index (χ4n) is 3.14. The molecule has 7 heteroatoms. The highest BCUT2D eigenvalue weighted by Gasteiger charge is 2.28. The maximum absolute atomic E-state index is 12.5. The Morgan fingerprint density at radius 2 is 2.32 bits per heavy atom. The number of nitriles is 1. The number of hydrogen-bond acceptors (Lipinski definition) is 6. The third kappa shape index (κ3) is 4.21. The van der Waals surface area contributed by atoms with Gasteiger partial charge in [0.25, 0.3) is 5.91 Å². The number of hydrogen-bond donors (Lipinski definition) is 0. The lowest BCUT2D eigenvalue weighted by molar-refractivity contribution is 0.0778. The Labute approximate surface area is 151 Å². The van der Waals surface area contributed by atoms with Gasteiger partial charge in [0.2, 0.25) is 0 Å². The van der Waals surface area contributed by atoms with E-state index in [1.54, 1.807) is 23.5 Å². The maximum Gasteiger partial charge on any atom is 0.272 e. The van der Waals surface area contributed by atoms with Gasteiger partial charge in [-0.3, -0.25) is 4.79 Å². The summed E-state index contributed by atoms with van der Waals surface area (Å²) >= 11 is 1.69. The molecule has 1 aliphatic heterocycles. The molecule has 3 rings (SSSR count). The van der Waals surface area contributed by atoms with Crippen LogP contribution < -0.4 is 0 Å². The van der Waals surface area contributed by atoms with Crippen molar-refractivity contribution in [2.24, 2.45) is 5.92 Å². The predicted molar refractivity (Wildman–Crippen MR) is 96.1 cm³/mol. The van der Waals surface area contributed by atoms with Crippen LogP contribution in [0.25, 0.3) is 0 Å². The lowest BCUT2D eigenvalue weighted by atomic mass is 10.1. The van der Waals surface area contributed by atoms with Crippen LogP contribution in [0.3, 0.4) is 0 Å². The van der Waals surface area contributed by atoms with E-state index in [1.165, 1.54) is 11.1 Å². The van der Waals surface area contributed by atoms with Gasteiger partial charge in [0.1, 0.15) is 11.8 Å². The quantitative estimate of drug-likeness (QED) is 0.823. The van der Waals surface area contributed by atoms with E-state index >= 15 is 0 Å². The molecule has 2 aromatic heterocycles. The van der Waals surface area contributed by atoms with Crippen molar-refractivity contribution < 1.29 is 4.79 Å². The Bertz CT molecular complexity index is 780. The van der Waals surface area contributed by atoms with Gasteiger partial charge in [0, 0.05) is 37.3 Å². The van der Waals surface area contributed by atoms with Crippen LogP contribution in [0.15, 0.2) is 23.8 Å². The zero-order chi connectivity index (χ0) is 17.8. The zero-order valence-electron chi connectivity index (χ0n) is 14.5. The molecule has 1 aliphatic rings. The monoisotopic (exact) mass is 355 g/mol. The normalized spacial score (nSPS) is 17.0. The van der Waals surface area contributed by atoms with Gasteiger partial charge in [-0.25, -0.2) is 9.97 Å². The summed E-state index contributed by atoms with van der Waals surface area (Å²) in [5.41, 5.74) is 3.87. The van der Waals surface area contributed by atoms with Crippen molar-refractivity contribution >= 4 is 17.2 Å². The molecule has 3 heterocycles. The van der Waals surface area contributed by atoms with Crippen molar-refractivity contribution in [2.45, 2.75) is 19.9 Å². The molecule has 0 N–H and O–H groups in total. The molecule has 1 fully saturated rings. The van der Waals surface area contributed by atoms with Crippen LogP contribution in [0, 0.1) is 24.2 Å². The lowest BCUT2D eigenvalue weighted by Gasteiger charge is -2.21. The highest BCUT2D eigenvalue weighted by atomic mass is 32.1. The summed E-state index contributed by atoms with van der Waals surface area (Å²) in [6.07, 6.45) is 2.46. The van der Waals surface area contributed by atoms with Crippen LogP contribution in [0.1, 0.15) is 33.0 Å². The standard InChI is InChI=1S/C18H21N5OS/c1-13-17(25-12-21-13)11-22(2)9-15-5-6-23(10-15)18(24)16-4-3-14(7-19)8-20-16/h3-4,8,12,15H,5-6,9-11H2,1-2H3/t15-/m1/s1. The molecule has 0 radical (unpaired) electrons. The Kier molecular flexibility index (Phi) is 5.41. The number of nitrogens with zero attached hydrogens (tertiary/aromatic N) is 5. The van der Waals surface area contributed by atoms with E-state index in [0.717, 1.165) is 38.3 Å². The number of rotatable bonds is 5. The fraction of sp³-hybridized carbons (Fsp3) is 0.444. The van der Waals surface area contributed by atoms with Gasteiger partial charge >= 0.3 is 0 Å². The van der Waals surface area contributed by atoms with Crippen LogP contribution in [-0.2, 0) is 6.54 Å². The second kappa shape index (κ2) is 7.72. The molecule has 1 atom stereocenters. The second-order valence-electron chi connectivity index (χ2n) is 6.51. The average Bonchev–Trinajstić information content (AvgIpc) is 3.24. The van der Waals surface area contributed by atoms with Crippen LogP contribution >= 0.6 is 11.3 Å². The van der Waals surface area contributed by atoms with Crippen molar-refractivity contribution in [3.05, 3.63) is 45.7 Å². The SMILES string of the molecule is Cc1ncsc1CN(C)C[C@H]1CCN(C(=O)c2ccc(C#N)cn2)C1. The zero-order valence-corrected chi connectivity index (χ0v) is 15.3. The summed E-state index contributed by atoms with van der Waals surface area (Å²) in [7, 11) is 2.12. The first-order chi connectivity index (χ1) is 12.1. The topological polar surface area (TPSA) is 73.1 Å². The third-order valence-electron chi connectivity index (χ3n) is 4.51. The summed E-state index contributed by atoms with van der Waals surface area (Å²) in [6.45, 7) is 5.42. The first kappa shape index (κ1) is 17.5. The van der Waals surface area contributed by atoms with Crippen LogP contribution in [0.2, 0.25) is 0 Å². The average molecular weight is 355 g/mol. The molecule has 0 saturated carbocycles. The second-order valence-corrected chi connectivity index (χ2v) is 7.45. The van der Waals surface area contributed by atoms with E-state index in [2.05, 4.69) is 21.9 Å². The Balaban J connectivity index is 1.53. The molecule has 6 nitrogen and oxygen atoms in total. The summed E-state index contributed by atoms with van der Waals surface area (Å²) in [5, 5.41) is 8.81. The number of carbonyl (C=O) groups is 1. The molecule has 0 aliphatic carbocycles. The Morgan fingerprint density at radius 1 is 1.48 bits per heavy atom. The Hall–Kier alpha value is -2.30. The first-order valence-corrected chi connectivity index (χ1v) is 9.17. The molecular weight excluding hydrogens is 334 g/mol. The molecular formula is C18H21N5OS. The minimum absolute atomic E-state index is 0.0482. The molecule has 0 aromatic carbocycles. The van der Waals surface area contributed by atoms with Crippen molar-refractivity contribution in [3.63, 3.8) is 0 Å². The number of aromatic nitrogens is 2. The van der Waals surface area contributed by atoms with Gasteiger partial charge in [0.15, 0.2) is 0 Å². The van der Waals surface area contributed by atoms with E-state index < -0.39 is 0 Å². The maximum atomic E-state index is 12.5. The number of thiazole rings is 1. The molecule has 2 aromatic rings. The van der Waals surface area contributed by atoms with E-state index in [0.29, 0.717) is 17.2 Å².